The fourth-order valence-corrected chi connectivity index (χ4v) is 2.42. The van der Waals surface area contributed by atoms with Crippen molar-refractivity contribution in [1.29, 1.82) is 5.26 Å². The lowest BCUT2D eigenvalue weighted by atomic mass is 10.0. The summed E-state index contributed by atoms with van der Waals surface area (Å²) in [6.45, 7) is 4.15. The molecule has 0 saturated carbocycles. The van der Waals surface area contributed by atoms with Crippen molar-refractivity contribution in [2.24, 2.45) is 0 Å². The minimum absolute atomic E-state index is 0.103. The molecule has 2 aromatic rings. The fraction of sp³-hybridized carbons (Fsp3) is 0.278. The van der Waals surface area contributed by atoms with E-state index >= 15 is 0 Å². The molecule has 108 valence electrons. The molecule has 0 amide bonds. The topological polar surface area (TPSA) is 35.8 Å². The monoisotopic (exact) mass is 282 g/mol. The van der Waals surface area contributed by atoms with Crippen LogP contribution in [0.3, 0.4) is 0 Å². The van der Waals surface area contributed by atoms with Crippen LogP contribution < -0.4 is 5.32 Å². The van der Waals surface area contributed by atoms with Crippen molar-refractivity contribution in [3.63, 3.8) is 0 Å². The van der Waals surface area contributed by atoms with Crippen molar-refractivity contribution < 1.29 is 4.39 Å². The van der Waals surface area contributed by atoms with E-state index in [0.717, 1.165) is 17.5 Å². The molecule has 0 aliphatic carbocycles. The van der Waals surface area contributed by atoms with Crippen LogP contribution in [0.25, 0.3) is 0 Å². The maximum absolute atomic E-state index is 13.3. The average Bonchev–Trinajstić information content (AvgIpc) is 2.52. The Morgan fingerprint density at radius 2 is 1.86 bits per heavy atom. The molecule has 0 aromatic heterocycles. The number of nitrogens with one attached hydrogen (secondary N) is 1. The summed E-state index contributed by atoms with van der Waals surface area (Å²) in [5, 5.41) is 12.3. The molecule has 1 N–H and O–H groups in total. The van der Waals surface area contributed by atoms with Gasteiger partial charge in [-0.25, -0.2) is 4.39 Å². The summed E-state index contributed by atoms with van der Waals surface area (Å²) < 4.78 is 13.3. The molecule has 0 heterocycles. The zero-order valence-electron chi connectivity index (χ0n) is 12.3. The van der Waals surface area contributed by atoms with E-state index in [1.54, 1.807) is 12.1 Å². The number of hydrogen-bond donors (Lipinski definition) is 1. The number of nitrogens with zero attached hydrogens (tertiary/aromatic N) is 1. The molecule has 0 radical (unpaired) electrons. The van der Waals surface area contributed by atoms with Crippen LogP contribution in [-0.4, -0.2) is 0 Å². The number of benzene rings is 2. The van der Waals surface area contributed by atoms with Gasteiger partial charge in [-0.15, -0.1) is 0 Å². The van der Waals surface area contributed by atoms with Gasteiger partial charge in [-0.1, -0.05) is 31.2 Å². The van der Waals surface area contributed by atoms with Gasteiger partial charge in [0.2, 0.25) is 0 Å². The van der Waals surface area contributed by atoms with Crippen LogP contribution in [0.2, 0.25) is 0 Å². The summed E-state index contributed by atoms with van der Waals surface area (Å²) in [5.74, 6) is -0.209. The molecule has 2 nitrogen and oxygen atoms in total. The van der Waals surface area contributed by atoms with Crippen molar-refractivity contribution in [2.45, 2.75) is 32.4 Å². The van der Waals surface area contributed by atoms with Crippen molar-refractivity contribution >= 4 is 0 Å². The lowest BCUT2D eigenvalue weighted by Crippen LogP contribution is -2.24. The summed E-state index contributed by atoms with van der Waals surface area (Å²) in [5.41, 5.74) is 2.73. The molecule has 0 spiro atoms. The van der Waals surface area contributed by atoms with Gasteiger partial charge in [0.1, 0.15) is 5.82 Å². The molecule has 21 heavy (non-hydrogen) atoms. The van der Waals surface area contributed by atoms with E-state index in [1.807, 2.05) is 30.3 Å². The summed E-state index contributed by atoms with van der Waals surface area (Å²) in [6.07, 6.45) is 0.879. The first-order valence-corrected chi connectivity index (χ1v) is 7.15. The molecule has 0 bridgehead atoms. The highest BCUT2D eigenvalue weighted by Gasteiger charge is 2.14. The van der Waals surface area contributed by atoms with Gasteiger partial charge in [0, 0.05) is 12.1 Å². The predicted molar refractivity (Wildman–Crippen MR) is 82.1 cm³/mol. The quantitative estimate of drug-likeness (QED) is 0.876. The first-order chi connectivity index (χ1) is 10.1. The number of rotatable bonds is 5. The molecule has 2 rings (SSSR count). The molecule has 0 saturated heterocycles. The van der Waals surface area contributed by atoms with E-state index < -0.39 is 0 Å². The normalized spacial score (nSPS) is 13.4. The van der Waals surface area contributed by atoms with Gasteiger partial charge in [0.05, 0.1) is 11.6 Å². The molecule has 3 heteroatoms. The third-order valence-corrected chi connectivity index (χ3v) is 3.65. The minimum Gasteiger partial charge on any atom is -0.303 e. The van der Waals surface area contributed by atoms with Gasteiger partial charge in [-0.2, -0.15) is 5.26 Å². The fourth-order valence-electron chi connectivity index (χ4n) is 2.42. The molecule has 0 aliphatic heterocycles. The van der Waals surface area contributed by atoms with Crippen LogP contribution >= 0.6 is 0 Å². The Hall–Kier alpha value is -2.18. The van der Waals surface area contributed by atoms with Crippen LogP contribution in [-0.2, 0) is 0 Å². The smallest absolute Gasteiger partial charge is 0.123 e. The molecule has 2 unspecified atom stereocenters. The number of hydrogen-bond acceptors (Lipinski definition) is 2. The maximum Gasteiger partial charge on any atom is 0.123 e. The van der Waals surface area contributed by atoms with Gasteiger partial charge < -0.3 is 5.32 Å². The van der Waals surface area contributed by atoms with E-state index in [-0.39, 0.29) is 17.9 Å². The van der Waals surface area contributed by atoms with E-state index in [4.69, 9.17) is 5.26 Å². The van der Waals surface area contributed by atoms with Crippen molar-refractivity contribution in [3.05, 3.63) is 71.0 Å². The summed E-state index contributed by atoms with van der Waals surface area (Å²) in [6, 6.07) is 16.6. The highest BCUT2D eigenvalue weighted by molar-refractivity contribution is 5.33. The molecule has 2 aromatic carbocycles. The first kappa shape index (κ1) is 15.2. The maximum atomic E-state index is 13.3. The Labute approximate surface area is 125 Å². The minimum atomic E-state index is -0.209. The van der Waals surface area contributed by atoms with Gasteiger partial charge in [-0.3, -0.25) is 0 Å². The van der Waals surface area contributed by atoms with Crippen molar-refractivity contribution in [2.75, 3.05) is 0 Å². The highest BCUT2D eigenvalue weighted by atomic mass is 19.1. The number of nitriles is 1. The summed E-state index contributed by atoms with van der Waals surface area (Å²) in [4.78, 5) is 0. The van der Waals surface area contributed by atoms with Crippen LogP contribution in [0.4, 0.5) is 4.39 Å². The largest absolute Gasteiger partial charge is 0.303 e. The molecule has 0 fully saturated rings. The Bertz CT molecular complexity index is 628. The molecule has 2 atom stereocenters. The molecular weight excluding hydrogens is 263 g/mol. The highest BCUT2D eigenvalue weighted by Crippen LogP contribution is 2.23. The van der Waals surface area contributed by atoms with Gasteiger partial charge >= 0.3 is 0 Å². The molecule has 0 aliphatic rings. The standard InChI is InChI=1S/C18H19FN2/c1-3-18(16-5-4-6-17(19)11-16)21-13(2)15-9-7-14(12-20)8-10-15/h4-11,13,18,21H,3H2,1-2H3. The average molecular weight is 282 g/mol. The molecular formula is C18H19FN2. The van der Waals surface area contributed by atoms with Crippen LogP contribution in [0, 0.1) is 17.1 Å². The zero-order chi connectivity index (χ0) is 15.2. The van der Waals surface area contributed by atoms with E-state index in [2.05, 4.69) is 25.2 Å². The second kappa shape index (κ2) is 7.01. The number of halogens is 1. The predicted octanol–water partition coefficient (Wildman–Crippen LogP) is 4.50. The first-order valence-electron chi connectivity index (χ1n) is 7.15. The van der Waals surface area contributed by atoms with E-state index in [1.165, 1.54) is 6.07 Å². The third kappa shape index (κ3) is 3.90. The Morgan fingerprint density at radius 3 is 2.43 bits per heavy atom. The van der Waals surface area contributed by atoms with Gasteiger partial charge in [-0.05, 0) is 48.7 Å². The SMILES string of the molecule is CCC(NC(C)c1ccc(C#N)cc1)c1cccc(F)c1. The lowest BCUT2D eigenvalue weighted by molar-refractivity contribution is 0.454. The Balaban J connectivity index is 2.12. The lowest BCUT2D eigenvalue weighted by Gasteiger charge is -2.23. The van der Waals surface area contributed by atoms with Crippen LogP contribution in [0.5, 0.6) is 0 Å². The van der Waals surface area contributed by atoms with Crippen LogP contribution in [0.1, 0.15) is 49.0 Å². The second-order valence-electron chi connectivity index (χ2n) is 5.14. The van der Waals surface area contributed by atoms with Crippen LogP contribution in [0.15, 0.2) is 48.5 Å². The van der Waals surface area contributed by atoms with Crippen molar-refractivity contribution in [1.82, 2.24) is 5.32 Å². The zero-order valence-corrected chi connectivity index (χ0v) is 12.3. The van der Waals surface area contributed by atoms with E-state index in [9.17, 15) is 4.39 Å². The second-order valence-corrected chi connectivity index (χ2v) is 5.14. The van der Waals surface area contributed by atoms with Gasteiger partial charge in [0.25, 0.3) is 0 Å². The van der Waals surface area contributed by atoms with E-state index in [0.29, 0.717) is 5.56 Å². The third-order valence-electron chi connectivity index (χ3n) is 3.65. The Morgan fingerprint density at radius 1 is 1.14 bits per heavy atom. The summed E-state index contributed by atoms with van der Waals surface area (Å²) >= 11 is 0. The van der Waals surface area contributed by atoms with Crippen molar-refractivity contribution in [3.8, 4) is 6.07 Å². The summed E-state index contributed by atoms with van der Waals surface area (Å²) in [7, 11) is 0. The van der Waals surface area contributed by atoms with Gasteiger partial charge in [0.15, 0.2) is 0 Å². The Kier molecular flexibility index (Phi) is 5.08.